The number of benzene rings is 1. The summed E-state index contributed by atoms with van der Waals surface area (Å²) in [5.41, 5.74) is -0.249. The Bertz CT molecular complexity index is 943. The zero-order valence-corrected chi connectivity index (χ0v) is 15.6. The van der Waals surface area contributed by atoms with E-state index in [1.54, 1.807) is 21.9 Å². The first-order valence-corrected chi connectivity index (χ1v) is 9.31. The molecule has 2 atom stereocenters. The summed E-state index contributed by atoms with van der Waals surface area (Å²) in [5, 5.41) is 17.6. The Hall–Kier alpha value is -2.94. The minimum absolute atomic E-state index is 0.0878. The Balaban J connectivity index is 1.44. The zero-order chi connectivity index (χ0) is 20.6. The van der Waals surface area contributed by atoms with Gasteiger partial charge in [-0.1, -0.05) is 6.07 Å². The van der Waals surface area contributed by atoms with Gasteiger partial charge in [0.05, 0.1) is 13.0 Å². The van der Waals surface area contributed by atoms with Crippen molar-refractivity contribution in [3.05, 3.63) is 59.4 Å². The highest BCUT2D eigenvalue weighted by Crippen LogP contribution is 2.42. The van der Waals surface area contributed by atoms with Crippen molar-refractivity contribution in [3.8, 4) is 0 Å². The summed E-state index contributed by atoms with van der Waals surface area (Å²) in [6, 6.07) is 6.36. The van der Waals surface area contributed by atoms with Crippen molar-refractivity contribution in [2.75, 3.05) is 32.8 Å². The van der Waals surface area contributed by atoms with E-state index in [4.69, 9.17) is 0 Å². The van der Waals surface area contributed by atoms with E-state index in [0.717, 1.165) is 12.1 Å². The molecule has 2 amide bonds. The number of hydrogen-bond donors (Lipinski definition) is 1. The quantitative estimate of drug-likeness (QED) is 0.821. The Labute approximate surface area is 166 Å². The Morgan fingerprint density at radius 3 is 2.59 bits per heavy atom. The Morgan fingerprint density at radius 2 is 1.93 bits per heavy atom. The number of likely N-dealkylation sites (tertiary alicyclic amines) is 2. The van der Waals surface area contributed by atoms with Crippen LogP contribution < -0.4 is 0 Å². The van der Waals surface area contributed by atoms with Crippen molar-refractivity contribution in [2.45, 2.75) is 6.42 Å². The standard InChI is InChI=1S/C20H20F2N4O3/c21-15-4-3-13(16(22)7-15)6-18(28)25-8-14-9-26(11-20(14,10-25)12-27)19(29)17-2-1-5-23-24-17/h1-5,7,14,27H,6,8-12H2/t14-,20+/m1/s1. The van der Waals surface area contributed by atoms with Gasteiger partial charge in [0, 0.05) is 49.8 Å². The minimum atomic E-state index is -0.754. The average Bonchev–Trinajstić information content (AvgIpc) is 3.25. The molecule has 1 aromatic carbocycles. The summed E-state index contributed by atoms with van der Waals surface area (Å²) in [6.07, 6.45) is 1.31. The molecule has 0 unspecified atom stereocenters. The fourth-order valence-corrected chi connectivity index (χ4v) is 4.27. The van der Waals surface area contributed by atoms with E-state index in [1.165, 1.54) is 12.3 Å². The van der Waals surface area contributed by atoms with Crippen LogP contribution in [-0.2, 0) is 11.2 Å². The molecule has 0 saturated carbocycles. The first kappa shape index (κ1) is 19.4. The van der Waals surface area contributed by atoms with Crippen LogP contribution in [0.5, 0.6) is 0 Å². The number of carbonyl (C=O) groups is 2. The highest BCUT2D eigenvalue weighted by Gasteiger charge is 2.54. The highest BCUT2D eigenvalue weighted by atomic mass is 19.1. The smallest absolute Gasteiger partial charge is 0.274 e. The van der Waals surface area contributed by atoms with Crippen LogP contribution in [0.15, 0.2) is 36.5 Å². The molecule has 1 N–H and O–H groups in total. The SMILES string of the molecule is O=C(Cc1ccc(F)cc1F)N1C[C@@H]2CN(C(=O)c3cccnn3)C[C@]2(CO)C1. The third kappa shape index (κ3) is 3.57. The van der Waals surface area contributed by atoms with Gasteiger partial charge in [0.25, 0.3) is 5.91 Å². The number of aliphatic hydroxyl groups excluding tert-OH is 1. The van der Waals surface area contributed by atoms with Crippen LogP contribution in [0.2, 0.25) is 0 Å². The zero-order valence-electron chi connectivity index (χ0n) is 15.6. The Kier molecular flexibility index (Phi) is 4.99. The second kappa shape index (κ2) is 7.47. The number of nitrogens with zero attached hydrogens (tertiary/aromatic N) is 4. The van der Waals surface area contributed by atoms with E-state index in [-0.39, 0.29) is 48.6 Å². The van der Waals surface area contributed by atoms with Crippen molar-refractivity contribution in [2.24, 2.45) is 11.3 Å². The van der Waals surface area contributed by atoms with Crippen LogP contribution in [0.1, 0.15) is 16.1 Å². The summed E-state index contributed by atoms with van der Waals surface area (Å²) in [6.45, 7) is 1.17. The third-order valence-corrected chi connectivity index (χ3v) is 5.86. The lowest BCUT2D eigenvalue weighted by Gasteiger charge is -2.27. The van der Waals surface area contributed by atoms with E-state index in [9.17, 15) is 23.5 Å². The summed E-state index contributed by atoms with van der Waals surface area (Å²) in [7, 11) is 0. The largest absolute Gasteiger partial charge is 0.396 e. The first-order valence-electron chi connectivity index (χ1n) is 9.31. The van der Waals surface area contributed by atoms with Gasteiger partial charge in [0.15, 0.2) is 5.69 Å². The molecule has 0 aliphatic carbocycles. The topological polar surface area (TPSA) is 86.6 Å². The van der Waals surface area contributed by atoms with Gasteiger partial charge in [-0.2, -0.15) is 5.10 Å². The van der Waals surface area contributed by atoms with Gasteiger partial charge < -0.3 is 14.9 Å². The number of carbonyl (C=O) groups excluding carboxylic acids is 2. The van der Waals surface area contributed by atoms with Crippen LogP contribution in [0, 0.1) is 23.0 Å². The van der Waals surface area contributed by atoms with Gasteiger partial charge in [-0.25, -0.2) is 8.78 Å². The number of hydrogen-bond acceptors (Lipinski definition) is 5. The summed E-state index contributed by atoms with van der Waals surface area (Å²) >= 11 is 0. The predicted molar refractivity (Wildman–Crippen MR) is 97.6 cm³/mol. The molecule has 2 aliphatic rings. The molecule has 4 rings (SSSR count). The van der Waals surface area contributed by atoms with E-state index in [2.05, 4.69) is 10.2 Å². The molecular weight excluding hydrogens is 382 g/mol. The first-order chi connectivity index (χ1) is 13.9. The second-order valence-corrected chi connectivity index (χ2v) is 7.70. The van der Waals surface area contributed by atoms with E-state index >= 15 is 0 Å². The number of fused-ring (bicyclic) bond motifs is 1. The van der Waals surface area contributed by atoms with Crippen molar-refractivity contribution >= 4 is 11.8 Å². The monoisotopic (exact) mass is 402 g/mol. The number of rotatable bonds is 4. The molecule has 2 aromatic rings. The molecule has 0 spiro atoms. The molecule has 3 heterocycles. The normalized spacial score (nSPS) is 23.3. The average molecular weight is 402 g/mol. The second-order valence-electron chi connectivity index (χ2n) is 7.70. The minimum Gasteiger partial charge on any atom is -0.396 e. The van der Waals surface area contributed by atoms with Crippen LogP contribution >= 0.6 is 0 Å². The number of amides is 2. The van der Waals surface area contributed by atoms with Crippen LogP contribution in [0.3, 0.4) is 0 Å². The molecule has 0 bridgehead atoms. The van der Waals surface area contributed by atoms with Crippen molar-refractivity contribution in [3.63, 3.8) is 0 Å². The molecular formula is C20H20F2N4O3. The molecule has 152 valence electrons. The molecule has 0 radical (unpaired) electrons. The summed E-state index contributed by atoms with van der Waals surface area (Å²) < 4.78 is 26.9. The lowest BCUT2D eigenvalue weighted by atomic mass is 9.82. The fraction of sp³-hybridized carbons (Fsp3) is 0.400. The van der Waals surface area contributed by atoms with Gasteiger partial charge in [0.1, 0.15) is 11.6 Å². The van der Waals surface area contributed by atoms with Gasteiger partial charge in [-0.3, -0.25) is 9.59 Å². The number of aromatic nitrogens is 2. The lowest BCUT2D eigenvalue weighted by molar-refractivity contribution is -0.130. The van der Waals surface area contributed by atoms with E-state index < -0.39 is 17.0 Å². The van der Waals surface area contributed by atoms with Crippen molar-refractivity contribution in [1.82, 2.24) is 20.0 Å². The molecule has 29 heavy (non-hydrogen) atoms. The maximum atomic E-state index is 13.9. The summed E-state index contributed by atoms with van der Waals surface area (Å²) in [5.74, 6) is -2.08. The lowest BCUT2D eigenvalue weighted by Crippen LogP contribution is -2.41. The van der Waals surface area contributed by atoms with Gasteiger partial charge >= 0.3 is 0 Å². The Morgan fingerprint density at radius 1 is 1.17 bits per heavy atom. The number of halogens is 2. The van der Waals surface area contributed by atoms with Crippen molar-refractivity contribution < 1.29 is 23.5 Å². The maximum absolute atomic E-state index is 13.9. The number of aliphatic hydroxyl groups is 1. The molecule has 2 saturated heterocycles. The molecule has 9 heteroatoms. The van der Waals surface area contributed by atoms with Gasteiger partial charge in [0.2, 0.25) is 5.91 Å². The van der Waals surface area contributed by atoms with Crippen molar-refractivity contribution in [1.29, 1.82) is 0 Å². The maximum Gasteiger partial charge on any atom is 0.274 e. The van der Waals surface area contributed by atoms with E-state index in [0.29, 0.717) is 19.6 Å². The van der Waals surface area contributed by atoms with Crippen LogP contribution in [-0.4, -0.2) is 69.7 Å². The van der Waals surface area contributed by atoms with E-state index in [1.807, 2.05) is 0 Å². The molecule has 7 nitrogen and oxygen atoms in total. The summed E-state index contributed by atoms with van der Waals surface area (Å²) in [4.78, 5) is 28.5. The third-order valence-electron chi connectivity index (χ3n) is 5.86. The fourth-order valence-electron chi connectivity index (χ4n) is 4.27. The van der Waals surface area contributed by atoms with Gasteiger partial charge in [-0.15, -0.1) is 5.10 Å². The highest BCUT2D eigenvalue weighted by molar-refractivity contribution is 5.92. The molecule has 2 aliphatic heterocycles. The molecule has 1 aromatic heterocycles. The van der Waals surface area contributed by atoms with Gasteiger partial charge in [-0.05, 0) is 23.8 Å². The molecule has 2 fully saturated rings. The van der Waals surface area contributed by atoms with Crippen LogP contribution in [0.25, 0.3) is 0 Å². The van der Waals surface area contributed by atoms with Crippen LogP contribution in [0.4, 0.5) is 8.78 Å². The predicted octanol–water partition coefficient (Wildman–Crippen LogP) is 0.890.